The molecule has 0 saturated heterocycles. The van der Waals surface area contributed by atoms with Crippen LogP contribution in [-0.4, -0.2) is 125 Å². The van der Waals surface area contributed by atoms with Crippen LogP contribution in [0.4, 0.5) is 0 Å². The molecule has 0 heterocycles. The van der Waals surface area contributed by atoms with Crippen LogP contribution in [0, 0.1) is 0 Å². The van der Waals surface area contributed by atoms with Crippen LogP contribution < -0.4 is 0 Å². The van der Waals surface area contributed by atoms with E-state index in [4.69, 9.17) is 52.6 Å². The van der Waals surface area contributed by atoms with Crippen molar-refractivity contribution in [3.63, 3.8) is 0 Å². The van der Waals surface area contributed by atoms with Gasteiger partial charge in [0.15, 0.2) is 0 Å². The van der Waals surface area contributed by atoms with Crippen LogP contribution in [0.25, 0.3) is 0 Å². The Balaban J connectivity index is -0.0000000277. The SMILES string of the molecule is O=S(=O)([O-])[O-].O=S(=O)([O-])[O-].O=S(=O)([O-])[O-].[Al+3].[Al+3].[CaH2]. The van der Waals surface area contributed by atoms with Crippen molar-refractivity contribution in [2.24, 2.45) is 0 Å². The molecule has 18 heteroatoms. The first kappa shape index (κ1) is 36.8. The average Bonchev–Trinajstić information content (AvgIpc) is 1.41. The normalized spacial score (nSPS) is 9.67. The Labute approximate surface area is 154 Å². The third-order valence-corrected chi connectivity index (χ3v) is 0. The van der Waals surface area contributed by atoms with Crippen molar-refractivity contribution in [3.05, 3.63) is 0 Å². The molecule has 12 nitrogen and oxygen atoms in total. The number of hydrogen-bond donors (Lipinski definition) is 0. The summed E-state index contributed by atoms with van der Waals surface area (Å²) >= 11 is 0. The molecule has 0 spiro atoms. The van der Waals surface area contributed by atoms with E-state index in [2.05, 4.69) is 0 Å². The van der Waals surface area contributed by atoms with Gasteiger partial charge in [-0.05, 0) is 0 Å². The Morgan fingerprint density at radius 2 is 0.444 bits per heavy atom. The van der Waals surface area contributed by atoms with Gasteiger partial charge < -0.3 is 27.3 Å². The first-order chi connectivity index (χ1) is 6.00. The van der Waals surface area contributed by atoms with Gasteiger partial charge in [0, 0.05) is 31.2 Å². The standard InChI is InChI=1S/2Al.Ca.3H2O4S.2H/c;;;3*1-5(2,3)4;;/h;;;3*(H2,1,2,3,4);;/q2*+3;;;;;;/p-6. The van der Waals surface area contributed by atoms with Gasteiger partial charge in [-0.2, -0.15) is 0 Å². The van der Waals surface area contributed by atoms with Gasteiger partial charge in [-0.1, -0.05) is 0 Å². The monoisotopic (exact) mass is 384 g/mol. The van der Waals surface area contributed by atoms with Gasteiger partial charge in [-0.25, -0.2) is 0 Å². The topological polar surface area (TPSA) is 241 Å². The zero-order valence-corrected chi connectivity index (χ0v) is 12.0. The molecule has 0 N–H and O–H groups in total. The molecule has 0 fully saturated rings. The molecule has 0 unspecified atom stereocenters. The van der Waals surface area contributed by atoms with E-state index in [0.717, 1.165) is 0 Å². The molecule has 0 amide bonds. The summed E-state index contributed by atoms with van der Waals surface area (Å²) < 4.78 is 102. The Hall–Kier alpha value is 1.93. The van der Waals surface area contributed by atoms with E-state index in [1.54, 1.807) is 0 Å². The summed E-state index contributed by atoms with van der Waals surface area (Å²) in [5, 5.41) is 0. The van der Waals surface area contributed by atoms with E-state index in [0.29, 0.717) is 0 Å². The molecule has 0 saturated carbocycles. The van der Waals surface area contributed by atoms with Crippen molar-refractivity contribution < 1.29 is 52.6 Å². The van der Waals surface area contributed by atoms with Crippen LogP contribution >= 0.6 is 0 Å². The Morgan fingerprint density at radius 1 is 0.444 bits per heavy atom. The molecule has 0 aliphatic rings. The second-order valence-corrected chi connectivity index (χ2v) is 3.67. The molecule has 0 radical (unpaired) electrons. The number of rotatable bonds is 0. The Kier molecular flexibility index (Phi) is 31.3. The zero-order chi connectivity index (χ0) is 13.5. The summed E-state index contributed by atoms with van der Waals surface area (Å²) in [6.45, 7) is 0. The molecule has 0 aliphatic heterocycles. The van der Waals surface area contributed by atoms with Gasteiger partial charge in [-0.3, -0.25) is 25.3 Å². The molecule has 0 aliphatic carbocycles. The van der Waals surface area contributed by atoms with Crippen LogP contribution in [0.5, 0.6) is 0 Å². The van der Waals surface area contributed by atoms with Crippen LogP contribution in [0.2, 0.25) is 0 Å². The Bertz CT molecular complexity index is 346. The summed E-state index contributed by atoms with van der Waals surface area (Å²) in [5.41, 5.74) is 0. The predicted molar refractivity (Wildman–Crippen MR) is 51.5 cm³/mol. The summed E-state index contributed by atoms with van der Waals surface area (Å²) in [6.07, 6.45) is 0. The summed E-state index contributed by atoms with van der Waals surface area (Å²) in [6, 6.07) is 0. The molecular formula is H2Al2CaO12S3. The van der Waals surface area contributed by atoms with Gasteiger partial charge >= 0.3 is 72.5 Å². The summed E-state index contributed by atoms with van der Waals surface area (Å²) in [7, 11) is -15.5. The number of hydrogen-bond acceptors (Lipinski definition) is 12. The molecule has 100 valence electrons. The van der Waals surface area contributed by atoms with E-state index in [9.17, 15) is 0 Å². The zero-order valence-electron chi connectivity index (χ0n) is 7.28. The van der Waals surface area contributed by atoms with E-state index >= 15 is 0 Å². The average molecular weight is 384 g/mol. The quantitative estimate of drug-likeness (QED) is 0.215. The van der Waals surface area contributed by atoms with Gasteiger partial charge in [-0.15, -0.1) is 0 Å². The van der Waals surface area contributed by atoms with Crippen molar-refractivity contribution in [3.8, 4) is 0 Å². The molecule has 0 aromatic rings. The second-order valence-electron chi connectivity index (χ2n) is 1.22. The third kappa shape index (κ3) is 1370. The van der Waals surface area contributed by atoms with Gasteiger partial charge in [0.2, 0.25) is 0 Å². The first-order valence-corrected chi connectivity index (χ1v) is 6.00. The first-order valence-electron chi connectivity index (χ1n) is 2.00. The summed E-state index contributed by atoms with van der Waals surface area (Å²) in [5.74, 6) is 0. The molecule has 0 aromatic carbocycles. The fourth-order valence-electron chi connectivity index (χ4n) is 0. The van der Waals surface area contributed by atoms with E-state index < -0.39 is 31.2 Å². The summed E-state index contributed by atoms with van der Waals surface area (Å²) in [4.78, 5) is 0. The minimum atomic E-state index is -5.17. The van der Waals surface area contributed by atoms with Crippen LogP contribution in [0.3, 0.4) is 0 Å². The van der Waals surface area contributed by atoms with Gasteiger partial charge in [0.1, 0.15) is 0 Å². The molecule has 0 atom stereocenters. The van der Waals surface area contributed by atoms with Gasteiger partial charge in [0.05, 0.1) is 0 Å². The van der Waals surface area contributed by atoms with Crippen molar-refractivity contribution in [2.75, 3.05) is 0 Å². The Morgan fingerprint density at radius 3 is 0.444 bits per heavy atom. The fourth-order valence-corrected chi connectivity index (χ4v) is 0. The third-order valence-electron chi connectivity index (χ3n) is 0. The molecular weight excluding hydrogens is 382 g/mol. The molecule has 0 bridgehead atoms. The van der Waals surface area contributed by atoms with Gasteiger partial charge in [0.25, 0.3) is 0 Å². The van der Waals surface area contributed by atoms with Crippen LogP contribution in [0.1, 0.15) is 0 Å². The predicted octanol–water partition coefficient (Wildman–Crippen LogP) is -5.69. The van der Waals surface area contributed by atoms with Crippen molar-refractivity contribution in [2.45, 2.75) is 0 Å². The minimum absolute atomic E-state index is 0. The molecule has 0 rings (SSSR count). The van der Waals surface area contributed by atoms with Crippen LogP contribution in [-0.2, 0) is 31.2 Å². The molecule has 18 heavy (non-hydrogen) atoms. The van der Waals surface area contributed by atoms with Crippen LogP contribution in [0.15, 0.2) is 0 Å². The van der Waals surface area contributed by atoms with Crippen molar-refractivity contribution >= 4 is 104 Å². The van der Waals surface area contributed by atoms with Crippen molar-refractivity contribution in [1.82, 2.24) is 0 Å². The van der Waals surface area contributed by atoms with Crippen molar-refractivity contribution in [1.29, 1.82) is 0 Å². The van der Waals surface area contributed by atoms with E-state index in [-0.39, 0.29) is 72.5 Å². The van der Waals surface area contributed by atoms with E-state index in [1.807, 2.05) is 0 Å². The molecule has 0 aromatic heterocycles. The second kappa shape index (κ2) is 15.3. The fraction of sp³-hybridized carbons (Fsp3) is 0. The maximum absolute atomic E-state index is 8.52. The van der Waals surface area contributed by atoms with E-state index in [1.165, 1.54) is 0 Å². The maximum atomic E-state index is 8.52.